The summed E-state index contributed by atoms with van der Waals surface area (Å²) in [6, 6.07) is 7.54. The third kappa shape index (κ3) is 4.50. The highest BCUT2D eigenvalue weighted by molar-refractivity contribution is 9.11. The Balaban J connectivity index is 2.62. The summed E-state index contributed by atoms with van der Waals surface area (Å²) in [5, 5.41) is 11.8. The van der Waals surface area contributed by atoms with Gasteiger partial charge in [-0.2, -0.15) is 5.26 Å². The SMILES string of the molecule is CC(C)C(C)(C#N)NC(=O)COc1ccc(Br)cc1Br. The van der Waals surface area contributed by atoms with Crippen LogP contribution in [0.15, 0.2) is 27.1 Å². The molecule has 0 spiro atoms. The number of nitrogens with zero attached hydrogens (tertiary/aromatic N) is 1. The first kappa shape index (κ1) is 17.0. The number of ether oxygens (including phenoxy) is 1. The predicted molar refractivity (Wildman–Crippen MR) is 84.3 cm³/mol. The number of hydrogen-bond donors (Lipinski definition) is 1. The van der Waals surface area contributed by atoms with Gasteiger partial charge in [0.25, 0.3) is 5.91 Å². The molecule has 1 unspecified atom stereocenters. The van der Waals surface area contributed by atoms with Crippen LogP contribution in [0, 0.1) is 17.2 Å². The lowest BCUT2D eigenvalue weighted by Gasteiger charge is -2.27. The molecule has 0 aliphatic heterocycles. The van der Waals surface area contributed by atoms with E-state index in [1.165, 1.54) is 0 Å². The van der Waals surface area contributed by atoms with Gasteiger partial charge >= 0.3 is 0 Å². The maximum absolute atomic E-state index is 11.9. The van der Waals surface area contributed by atoms with Crippen LogP contribution in [0.5, 0.6) is 5.75 Å². The van der Waals surface area contributed by atoms with Crippen molar-refractivity contribution in [1.82, 2.24) is 5.32 Å². The topological polar surface area (TPSA) is 62.1 Å². The minimum atomic E-state index is -0.891. The smallest absolute Gasteiger partial charge is 0.259 e. The molecule has 4 nitrogen and oxygen atoms in total. The molecule has 20 heavy (non-hydrogen) atoms. The zero-order chi connectivity index (χ0) is 15.3. The van der Waals surface area contributed by atoms with E-state index in [9.17, 15) is 4.79 Å². The van der Waals surface area contributed by atoms with Crippen molar-refractivity contribution < 1.29 is 9.53 Å². The first-order valence-electron chi connectivity index (χ1n) is 6.08. The molecule has 0 bridgehead atoms. The van der Waals surface area contributed by atoms with Crippen LogP contribution in [0.4, 0.5) is 0 Å². The minimum absolute atomic E-state index is 0.0101. The molecule has 0 aliphatic carbocycles. The van der Waals surface area contributed by atoms with Crippen molar-refractivity contribution in [2.45, 2.75) is 26.3 Å². The van der Waals surface area contributed by atoms with Crippen molar-refractivity contribution in [3.8, 4) is 11.8 Å². The molecule has 0 aliphatic rings. The molecular weight excluding hydrogens is 388 g/mol. The molecule has 0 saturated heterocycles. The molecular formula is C14H16Br2N2O2. The number of nitriles is 1. The number of benzene rings is 1. The molecule has 1 N–H and O–H groups in total. The summed E-state index contributed by atoms with van der Waals surface area (Å²) in [5.41, 5.74) is -0.891. The Morgan fingerprint density at radius 2 is 2.15 bits per heavy atom. The van der Waals surface area contributed by atoms with Crippen LogP contribution >= 0.6 is 31.9 Å². The third-order valence-corrected chi connectivity index (χ3v) is 4.15. The summed E-state index contributed by atoms with van der Waals surface area (Å²) in [6.07, 6.45) is 0. The van der Waals surface area contributed by atoms with Gasteiger partial charge in [-0.3, -0.25) is 4.79 Å². The summed E-state index contributed by atoms with van der Waals surface area (Å²) in [6.45, 7) is 5.33. The van der Waals surface area contributed by atoms with Crippen LogP contribution < -0.4 is 10.1 Å². The number of nitrogens with one attached hydrogen (secondary N) is 1. The van der Waals surface area contributed by atoms with E-state index >= 15 is 0 Å². The van der Waals surface area contributed by atoms with Crippen molar-refractivity contribution in [2.75, 3.05) is 6.61 Å². The first-order valence-corrected chi connectivity index (χ1v) is 7.67. The molecule has 6 heteroatoms. The second-order valence-corrected chi connectivity index (χ2v) is 6.65. The number of carbonyl (C=O) groups excluding carboxylic acids is 1. The van der Waals surface area contributed by atoms with Gasteiger partial charge in [0.05, 0.1) is 10.5 Å². The second kappa shape index (κ2) is 7.09. The number of rotatable bonds is 5. The fraction of sp³-hybridized carbons (Fsp3) is 0.429. The van der Waals surface area contributed by atoms with Crippen LogP contribution in [0.25, 0.3) is 0 Å². The van der Waals surface area contributed by atoms with Crippen molar-refractivity contribution in [3.05, 3.63) is 27.1 Å². The Hall–Kier alpha value is -1.06. The molecule has 1 aromatic carbocycles. The highest BCUT2D eigenvalue weighted by atomic mass is 79.9. The summed E-state index contributed by atoms with van der Waals surface area (Å²) < 4.78 is 7.11. The summed E-state index contributed by atoms with van der Waals surface area (Å²) in [7, 11) is 0. The highest BCUT2D eigenvalue weighted by Crippen LogP contribution is 2.28. The van der Waals surface area contributed by atoms with Crippen molar-refractivity contribution in [3.63, 3.8) is 0 Å². The molecule has 0 radical (unpaired) electrons. The number of amides is 1. The lowest BCUT2D eigenvalue weighted by Crippen LogP contribution is -2.50. The van der Waals surface area contributed by atoms with Crippen LogP contribution in [0.2, 0.25) is 0 Å². The molecule has 0 saturated carbocycles. The molecule has 0 aromatic heterocycles. The maximum atomic E-state index is 11.9. The van der Waals surface area contributed by atoms with Crippen LogP contribution in [0.3, 0.4) is 0 Å². The lowest BCUT2D eigenvalue weighted by molar-refractivity contribution is -0.124. The van der Waals surface area contributed by atoms with E-state index in [0.717, 1.165) is 8.95 Å². The van der Waals surface area contributed by atoms with Gasteiger partial charge in [0.2, 0.25) is 0 Å². The Morgan fingerprint density at radius 1 is 1.50 bits per heavy atom. The molecule has 0 heterocycles. The van der Waals surface area contributed by atoms with Gasteiger partial charge in [0.1, 0.15) is 11.3 Å². The molecule has 108 valence electrons. The van der Waals surface area contributed by atoms with Gasteiger partial charge in [-0.1, -0.05) is 29.8 Å². The fourth-order valence-corrected chi connectivity index (χ4v) is 2.52. The maximum Gasteiger partial charge on any atom is 0.259 e. The van der Waals surface area contributed by atoms with Gasteiger partial charge < -0.3 is 10.1 Å². The zero-order valence-electron chi connectivity index (χ0n) is 11.5. The average Bonchev–Trinajstić information content (AvgIpc) is 2.37. The number of hydrogen-bond acceptors (Lipinski definition) is 3. The first-order chi connectivity index (χ1) is 9.28. The Labute approximate surface area is 135 Å². The van der Waals surface area contributed by atoms with E-state index in [1.807, 2.05) is 26.0 Å². The molecule has 0 fully saturated rings. The van der Waals surface area contributed by atoms with E-state index in [0.29, 0.717) is 5.75 Å². The number of halogens is 2. The minimum Gasteiger partial charge on any atom is -0.483 e. The van der Waals surface area contributed by atoms with E-state index < -0.39 is 5.54 Å². The van der Waals surface area contributed by atoms with E-state index in [2.05, 4.69) is 43.2 Å². The second-order valence-electron chi connectivity index (χ2n) is 4.88. The number of carbonyl (C=O) groups is 1. The standard InChI is InChI=1S/C14H16Br2N2O2/c1-9(2)14(3,8-17)18-13(19)7-20-12-5-4-10(15)6-11(12)16/h4-6,9H,7H2,1-3H3,(H,18,19). The average molecular weight is 404 g/mol. The zero-order valence-corrected chi connectivity index (χ0v) is 14.7. The van der Waals surface area contributed by atoms with Crippen LogP contribution in [-0.4, -0.2) is 18.1 Å². The predicted octanol–water partition coefficient (Wildman–Crippen LogP) is 3.64. The van der Waals surface area contributed by atoms with Crippen LogP contribution in [0.1, 0.15) is 20.8 Å². The quantitative estimate of drug-likeness (QED) is 0.816. The van der Waals surface area contributed by atoms with Crippen molar-refractivity contribution >= 4 is 37.8 Å². The Kier molecular flexibility index (Phi) is 6.03. The summed E-state index contributed by atoms with van der Waals surface area (Å²) in [5.74, 6) is 0.264. The summed E-state index contributed by atoms with van der Waals surface area (Å²) >= 11 is 6.70. The van der Waals surface area contributed by atoms with Gasteiger partial charge in [-0.05, 0) is 47.0 Å². The largest absolute Gasteiger partial charge is 0.483 e. The van der Waals surface area contributed by atoms with Gasteiger partial charge in [-0.15, -0.1) is 0 Å². The monoisotopic (exact) mass is 402 g/mol. The van der Waals surface area contributed by atoms with Crippen LogP contribution in [-0.2, 0) is 4.79 Å². The summed E-state index contributed by atoms with van der Waals surface area (Å²) in [4.78, 5) is 11.9. The molecule has 1 rings (SSSR count). The molecule has 1 atom stereocenters. The lowest BCUT2D eigenvalue weighted by atomic mass is 9.90. The molecule has 1 aromatic rings. The van der Waals surface area contributed by atoms with E-state index in [1.54, 1.807) is 13.0 Å². The van der Waals surface area contributed by atoms with E-state index in [-0.39, 0.29) is 18.4 Å². The highest BCUT2D eigenvalue weighted by Gasteiger charge is 2.30. The van der Waals surface area contributed by atoms with E-state index in [4.69, 9.17) is 10.00 Å². The van der Waals surface area contributed by atoms with Crippen molar-refractivity contribution in [1.29, 1.82) is 5.26 Å². The Morgan fingerprint density at radius 3 is 2.65 bits per heavy atom. The molecule has 1 amide bonds. The van der Waals surface area contributed by atoms with Crippen molar-refractivity contribution in [2.24, 2.45) is 5.92 Å². The third-order valence-electron chi connectivity index (χ3n) is 3.04. The van der Waals surface area contributed by atoms with Gasteiger partial charge in [-0.25, -0.2) is 0 Å². The Bertz CT molecular complexity index is 540. The van der Waals surface area contributed by atoms with Gasteiger partial charge in [0.15, 0.2) is 6.61 Å². The van der Waals surface area contributed by atoms with Gasteiger partial charge in [0, 0.05) is 4.47 Å². The normalized spacial score (nSPS) is 13.4. The fourth-order valence-electron chi connectivity index (χ4n) is 1.36.